The van der Waals surface area contributed by atoms with Crippen molar-refractivity contribution in [2.24, 2.45) is 0 Å². The molecule has 0 radical (unpaired) electrons. The summed E-state index contributed by atoms with van der Waals surface area (Å²) in [6.45, 7) is 5.96. The van der Waals surface area contributed by atoms with Gasteiger partial charge in [-0.15, -0.1) is 0 Å². The number of rotatable bonds is 4. The molecular weight excluding hydrogens is 312 g/mol. The van der Waals surface area contributed by atoms with Gasteiger partial charge in [0, 0.05) is 38.8 Å². The van der Waals surface area contributed by atoms with Crippen LogP contribution >= 0.6 is 0 Å². The van der Waals surface area contributed by atoms with Gasteiger partial charge in [-0.3, -0.25) is 4.90 Å². The third-order valence-electron chi connectivity index (χ3n) is 4.95. The molecule has 23 heavy (non-hydrogen) atoms. The van der Waals surface area contributed by atoms with E-state index in [0.717, 1.165) is 19.5 Å². The van der Waals surface area contributed by atoms with Gasteiger partial charge < -0.3 is 4.74 Å². The lowest BCUT2D eigenvalue weighted by Gasteiger charge is -2.26. The van der Waals surface area contributed by atoms with Crippen molar-refractivity contribution >= 4 is 10.0 Å². The van der Waals surface area contributed by atoms with Crippen molar-refractivity contribution in [2.45, 2.75) is 37.6 Å². The summed E-state index contributed by atoms with van der Waals surface area (Å²) >= 11 is 0. The first-order chi connectivity index (χ1) is 11.1. The van der Waals surface area contributed by atoms with E-state index < -0.39 is 10.0 Å². The minimum Gasteiger partial charge on any atom is -0.380 e. The molecule has 0 unspecified atom stereocenters. The van der Waals surface area contributed by atoms with Crippen LogP contribution < -0.4 is 0 Å². The molecule has 2 heterocycles. The number of hydrogen-bond acceptors (Lipinski definition) is 4. The predicted octanol–water partition coefficient (Wildman–Crippen LogP) is 1.70. The quantitative estimate of drug-likeness (QED) is 0.838. The monoisotopic (exact) mass is 338 g/mol. The molecule has 3 rings (SSSR count). The fourth-order valence-corrected chi connectivity index (χ4v) is 5.13. The van der Waals surface area contributed by atoms with E-state index >= 15 is 0 Å². The van der Waals surface area contributed by atoms with E-state index in [1.54, 1.807) is 4.31 Å². The zero-order valence-electron chi connectivity index (χ0n) is 13.7. The first kappa shape index (κ1) is 16.9. The second-order valence-corrected chi connectivity index (χ2v) is 8.74. The summed E-state index contributed by atoms with van der Waals surface area (Å²) < 4.78 is 32.4. The van der Waals surface area contributed by atoms with E-state index in [9.17, 15) is 8.42 Å². The summed E-state index contributed by atoms with van der Waals surface area (Å²) in [7, 11) is -3.22. The Morgan fingerprint density at radius 3 is 2.61 bits per heavy atom. The van der Waals surface area contributed by atoms with Crippen LogP contribution in [0.3, 0.4) is 0 Å². The van der Waals surface area contributed by atoms with Crippen LogP contribution in [0.15, 0.2) is 30.3 Å². The molecule has 0 bridgehead atoms. The summed E-state index contributed by atoms with van der Waals surface area (Å²) in [5, 5.41) is -0.349. The average Bonchev–Trinajstić information content (AvgIpc) is 3.03. The Morgan fingerprint density at radius 2 is 1.91 bits per heavy atom. The molecule has 0 amide bonds. The van der Waals surface area contributed by atoms with E-state index in [-0.39, 0.29) is 5.25 Å². The topological polar surface area (TPSA) is 49.9 Å². The highest BCUT2D eigenvalue weighted by molar-refractivity contribution is 7.89. The van der Waals surface area contributed by atoms with Crippen LogP contribution in [-0.4, -0.2) is 61.8 Å². The van der Waals surface area contributed by atoms with Gasteiger partial charge in [-0.1, -0.05) is 30.3 Å². The summed E-state index contributed by atoms with van der Waals surface area (Å²) in [6.07, 6.45) is 1.50. The number of hydrogen-bond donors (Lipinski definition) is 0. The van der Waals surface area contributed by atoms with Crippen molar-refractivity contribution in [3.05, 3.63) is 35.9 Å². The number of nitrogens with zero attached hydrogens (tertiary/aromatic N) is 2. The first-order valence-corrected chi connectivity index (χ1v) is 9.92. The second kappa shape index (κ2) is 7.30. The fourth-order valence-electron chi connectivity index (χ4n) is 3.35. The van der Waals surface area contributed by atoms with Gasteiger partial charge in [-0.25, -0.2) is 12.7 Å². The van der Waals surface area contributed by atoms with Crippen molar-refractivity contribution in [3.8, 4) is 0 Å². The van der Waals surface area contributed by atoms with Gasteiger partial charge in [0.2, 0.25) is 10.0 Å². The Bertz CT molecular complexity index is 600. The third-order valence-corrected chi connectivity index (χ3v) is 7.25. The van der Waals surface area contributed by atoms with E-state index in [1.165, 1.54) is 5.56 Å². The second-order valence-electron chi connectivity index (χ2n) is 6.52. The van der Waals surface area contributed by atoms with Crippen LogP contribution in [0.5, 0.6) is 0 Å². The van der Waals surface area contributed by atoms with Gasteiger partial charge in [-0.2, -0.15) is 0 Å². The molecule has 6 heteroatoms. The molecule has 0 saturated carbocycles. The Hall–Kier alpha value is -0.950. The zero-order chi connectivity index (χ0) is 16.3. The van der Waals surface area contributed by atoms with Crippen LogP contribution in [0.2, 0.25) is 0 Å². The van der Waals surface area contributed by atoms with E-state index in [2.05, 4.69) is 36.1 Å². The molecular formula is C17H26N2O3S. The minimum absolute atomic E-state index is 0.349. The number of ether oxygens (including phenoxy) is 1. The molecule has 5 nitrogen and oxygen atoms in total. The van der Waals surface area contributed by atoms with E-state index in [1.807, 2.05) is 6.07 Å². The van der Waals surface area contributed by atoms with Crippen LogP contribution in [0.1, 0.15) is 25.3 Å². The maximum absolute atomic E-state index is 12.7. The SMILES string of the molecule is C[C@H]1CCN(S(=O)(=O)[C@H]2CCOC2)CCN1Cc1ccccc1. The van der Waals surface area contributed by atoms with Gasteiger partial charge >= 0.3 is 0 Å². The predicted molar refractivity (Wildman–Crippen MR) is 90.6 cm³/mol. The van der Waals surface area contributed by atoms with E-state index in [0.29, 0.717) is 38.8 Å². The normalized spacial score (nSPS) is 27.9. The number of sulfonamides is 1. The molecule has 2 aliphatic heterocycles. The molecule has 2 fully saturated rings. The maximum atomic E-state index is 12.7. The fraction of sp³-hybridized carbons (Fsp3) is 0.647. The van der Waals surface area contributed by atoms with Crippen molar-refractivity contribution in [2.75, 3.05) is 32.8 Å². The Labute approximate surface area is 139 Å². The lowest BCUT2D eigenvalue weighted by molar-refractivity contribution is 0.197. The average molecular weight is 338 g/mol. The van der Waals surface area contributed by atoms with Crippen LogP contribution in [-0.2, 0) is 21.3 Å². The van der Waals surface area contributed by atoms with Crippen molar-refractivity contribution in [3.63, 3.8) is 0 Å². The Morgan fingerprint density at radius 1 is 1.13 bits per heavy atom. The largest absolute Gasteiger partial charge is 0.380 e. The first-order valence-electron chi connectivity index (χ1n) is 8.42. The van der Waals surface area contributed by atoms with Crippen LogP contribution in [0.4, 0.5) is 0 Å². The van der Waals surface area contributed by atoms with Gasteiger partial charge in [0.15, 0.2) is 0 Å². The standard InChI is InChI=1S/C17H26N2O3S/c1-15-7-9-19(23(20,21)17-8-12-22-14-17)11-10-18(15)13-16-5-3-2-4-6-16/h2-6,15,17H,7-14H2,1H3/t15-,17-/m0/s1. The lowest BCUT2D eigenvalue weighted by Crippen LogP contribution is -2.41. The molecule has 1 aromatic rings. The van der Waals surface area contributed by atoms with Gasteiger partial charge in [0.25, 0.3) is 0 Å². The smallest absolute Gasteiger partial charge is 0.219 e. The molecule has 2 atom stereocenters. The Kier molecular flexibility index (Phi) is 5.36. The highest BCUT2D eigenvalue weighted by atomic mass is 32.2. The molecule has 0 aromatic heterocycles. The third kappa shape index (κ3) is 3.94. The molecule has 0 N–H and O–H groups in total. The van der Waals surface area contributed by atoms with Crippen molar-refractivity contribution in [1.29, 1.82) is 0 Å². The van der Waals surface area contributed by atoms with Crippen LogP contribution in [0, 0.1) is 0 Å². The van der Waals surface area contributed by atoms with Crippen molar-refractivity contribution in [1.82, 2.24) is 9.21 Å². The molecule has 0 spiro atoms. The zero-order valence-corrected chi connectivity index (χ0v) is 14.5. The highest BCUT2D eigenvalue weighted by Crippen LogP contribution is 2.22. The number of benzene rings is 1. The lowest BCUT2D eigenvalue weighted by atomic mass is 10.1. The maximum Gasteiger partial charge on any atom is 0.219 e. The van der Waals surface area contributed by atoms with E-state index in [4.69, 9.17) is 4.74 Å². The van der Waals surface area contributed by atoms with Gasteiger partial charge in [0.1, 0.15) is 5.25 Å². The molecule has 1 aromatic carbocycles. The van der Waals surface area contributed by atoms with Crippen molar-refractivity contribution < 1.29 is 13.2 Å². The van der Waals surface area contributed by atoms with Gasteiger partial charge in [-0.05, 0) is 25.3 Å². The molecule has 2 saturated heterocycles. The molecule has 2 aliphatic rings. The summed E-state index contributed by atoms with van der Waals surface area (Å²) in [5.74, 6) is 0. The summed E-state index contributed by atoms with van der Waals surface area (Å²) in [5.41, 5.74) is 1.28. The molecule has 0 aliphatic carbocycles. The molecule has 128 valence electrons. The van der Waals surface area contributed by atoms with Crippen LogP contribution in [0.25, 0.3) is 0 Å². The minimum atomic E-state index is -3.22. The highest BCUT2D eigenvalue weighted by Gasteiger charge is 2.36. The summed E-state index contributed by atoms with van der Waals surface area (Å²) in [6, 6.07) is 10.8. The van der Waals surface area contributed by atoms with Gasteiger partial charge in [0.05, 0.1) is 6.61 Å². The Balaban J connectivity index is 1.65. The summed E-state index contributed by atoms with van der Waals surface area (Å²) in [4.78, 5) is 2.38.